The lowest BCUT2D eigenvalue weighted by atomic mass is 9.71. The van der Waals surface area contributed by atoms with E-state index < -0.39 is 0 Å². The van der Waals surface area contributed by atoms with E-state index in [0.717, 1.165) is 44.9 Å². The lowest BCUT2D eigenvalue weighted by Gasteiger charge is -2.53. The SMILES string of the molecule is COc1ccc(N2CCC(N3CCC[C@]4(CN(C)CC[C@@H]4O)C3)CC2)cc1. The Morgan fingerprint density at radius 3 is 2.44 bits per heavy atom. The Morgan fingerprint density at radius 2 is 1.74 bits per heavy atom. The highest BCUT2D eigenvalue weighted by molar-refractivity contribution is 5.49. The summed E-state index contributed by atoms with van der Waals surface area (Å²) in [5.41, 5.74) is 1.40. The summed E-state index contributed by atoms with van der Waals surface area (Å²) in [6, 6.07) is 9.11. The first kappa shape index (κ1) is 19.0. The average molecular weight is 374 g/mol. The molecule has 1 aromatic rings. The minimum absolute atomic E-state index is 0.0956. The first-order valence-corrected chi connectivity index (χ1v) is 10.6. The summed E-state index contributed by atoms with van der Waals surface area (Å²) >= 11 is 0. The molecule has 150 valence electrons. The Bertz CT molecular complexity index is 614. The predicted octanol–water partition coefficient (Wildman–Crippen LogP) is 2.44. The van der Waals surface area contributed by atoms with E-state index in [4.69, 9.17) is 4.74 Å². The topological polar surface area (TPSA) is 39.2 Å². The van der Waals surface area contributed by atoms with Crippen molar-refractivity contribution in [3.8, 4) is 5.75 Å². The van der Waals surface area contributed by atoms with Crippen LogP contribution >= 0.6 is 0 Å². The van der Waals surface area contributed by atoms with Gasteiger partial charge >= 0.3 is 0 Å². The molecule has 5 nitrogen and oxygen atoms in total. The van der Waals surface area contributed by atoms with Crippen LogP contribution in [0.3, 0.4) is 0 Å². The zero-order chi connectivity index (χ0) is 18.9. The summed E-state index contributed by atoms with van der Waals surface area (Å²) in [7, 11) is 3.92. The Morgan fingerprint density at radius 1 is 1.00 bits per heavy atom. The summed E-state index contributed by atoms with van der Waals surface area (Å²) in [6.07, 6.45) is 5.64. The molecule has 3 fully saturated rings. The largest absolute Gasteiger partial charge is 0.497 e. The van der Waals surface area contributed by atoms with E-state index in [9.17, 15) is 5.11 Å². The van der Waals surface area contributed by atoms with Crippen molar-refractivity contribution in [2.75, 3.05) is 58.3 Å². The van der Waals surface area contributed by atoms with E-state index in [1.165, 1.54) is 37.9 Å². The molecule has 0 radical (unpaired) electrons. The van der Waals surface area contributed by atoms with Gasteiger partial charge in [-0.2, -0.15) is 0 Å². The van der Waals surface area contributed by atoms with Crippen LogP contribution in [0.15, 0.2) is 24.3 Å². The Kier molecular flexibility index (Phi) is 5.62. The van der Waals surface area contributed by atoms with Crippen LogP contribution < -0.4 is 9.64 Å². The zero-order valence-corrected chi connectivity index (χ0v) is 16.9. The van der Waals surface area contributed by atoms with E-state index in [1.807, 2.05) is 0 Å². The van der Waals surface area contributed by atoms with Crippen molar-refractivity contribution in [1.82, 2.24) is 9.80 Å². The molecule has 0 aromatic heterocycles. The number of nitrogens with zero attached hydrogens (tertiary/aromatic N) is 3. The molecule has 0 bridgehead atoms. The van der Waals surface area contributed by atoms with E-state index in [2.05, 4.69) is 46.0 Å². The van der Waals surface area contributed by atoms with Crippen molar-refractivity contribution in [1.29, 1.82) is 0 Å². The van der Waals surface area contributed by atoms with E-state index in [-0.39, 0.29) is 11.5 Å². The van der Waals surface area contributed by atoms with Gasteiger partial charge < -0.3 is 19.6 Å². The van der Waals surface area contributed by atoms with Gasteiger partial charge in [-0.3, -0.25) is 4.90 Å². The summed E-state index contributed by atoms with van der Waals surface area (Å²) in [4.78, 5) is 7.62. The molecule has 0 saturated carbocycles. The number of likely N-dealkylation sites (tertiary alicyclic amines) is 2. The molecular formula is C22H35N3O2. The van der Waals surface area contributed by atoms with Crippen LogP contribution in [0.4, 0.5) is 5.69 Å². The van der Waals surface area contributed by atoms with Gasteiger partial charge in [-0.1, -0.05) is 0 Å². The molecule has 3 aliphatic rings. The van der Waals surface area contributed by atoms with Gasteiger partial charge in [0, 0.05) is 49.9 Å². The zero-order valence-electron chi connectivity index (χ0n) is 16.9. The van der Waals surface area contributed by atoms with Gasteiger partial charge in [-0.15, -0.1) is 0 Å². The van der Waals surface area contributed by atoms with E-state index in [1.54, 1.807) is 7.11 Å². The summed E-state index contributed by atoms with van der Waals surface area (Å²) < 4.78 is 5.27. The molecule has 5 heteroatoms. The van der Waals surface area contributed by atoms with Crippen LogP contribution in [0, 0.1) is 5.41 Å². The fraction of sp³-hybridized carbons (Fsp3) is 0.727. The van der Waals surface area contributed by atoms with Crippen LogP contribution in [-0.4, -0.2) is 80.5 Å². The Labute approximate surface area is 163 Å². The molecule has 4 rings (SSSR count). The Hall–Kier alpha value is -1.30. The molecular weight excluding hydrogens is 338 g/mol. The van der Waals surface area contributed by atoms with Crippen LogP contribution in [0.2, 0.25) is 0 Å². The van der Waals surface area contributed by atoms with Gasteiger partial charge in [-0.25, -0.2) is 0 Å². The number of piperidine rings is 3. The molecule has 3 saturated heterocycles. The lowest BCUT2D eigenvalue weighted by Crippen LogP contribution is -2.60. The third-order valence-electron chi connectivity index (χ3n) is 7.13. The van der Waals surface area contributed by atoms with Gasteiger partial charge in [0.1, 0.15) is 5.75 Å². The third kappa shape index (κ3) is 3.96. The number of rotatable bonds is 3. The minimum atomic E-state index is -0.129. The molecule has 27 heavy (non-hydrogen) atoms. The molecule has 1 spiro atoms. The highest BCUT2D eigenvalue weighted by atomic mass is 16.5. The average Bonchev–Trinajstić information content (AvgIpc) is 2.71. The quantitative estimate of drug-likeness (QED) is 0.881. The van der Waals surface area contributed by atoms with Gasteiger partial charge in [0.15, 0.2) is 0 Å². The summed E-state index contributed by atoms with van der Waals surface area (Å²) in [6.45, 7) is 6.58. The van der Waals surface area contributed by atoms with Crippen molar-refractivity contribution in [2.45, 2.75) is 44.2 Å². The standard InChI is InChI=1S/C22H35N3O2/c1-23-13-10-21(26)22(16-23)11-3-12-25(17-22)19-8-14-24(15-9-19)18-4-6-20(27-2)7-5-18/h4-7,19,21,26H,3,8-17H2,1-2H3/t21-,22-/m0/s1. The molecule has 2 atom stereocenters. The van der Waals surface area contributed by atoms with Crippen molar-refractivity contribution < 1.29 is 9.84 Å². The fourth-order valence-corrected chi connectivity index (χ4v) is 5.56. The minimum Gasteiger partial charge on any atom is -0.497 e. The first-order chi connectivity index (χ1) is 13.1. The van der Waals surface area contributed by atoms with Crippen molar-refractivity contribution in [3.63, 3.8) is 0 Å². The normalized spacial score (nSPS) is 31.4. The summed E-state index contributed by atoms with van der Waals surface area (Å²) in [5.74, 6) is 0.920. The van der Waals surface area contributed by atoms with E-state index in [0.29, 0.717) is 6.04 Å². The predicted molar refractivity (Wildman–Crippen MR) is 110 cm³/mol. The second-order valence-electron chi connectivity index (χ2n) is 8.89. The van der Waals surface area contributed by atoms with Gasteiger partial charge in [0.25, 0.3) is 0 Å². The maximum atomic E-state index is 10.8. The van der Waals surface area contributed by atoms with Crippen LogP contribution in [0.5, 0.6) is 5.75 Å². The summed E-state index contributed by atoms with van der Waals surface area (Å²) in [5, 5.41) is 10.8. The number of methoxy groups -OCH3 is 1. The maximum absolute atomic E-state index is 10.8. The molecule has 1 N–H and O–H groups in total. The second kappa shape index (κ2) is 7.98. The molecule has 3 heterocycles. The number of ether oxygens (including phenoxy) is 1. The lowest BCUT2D eigenvalue weighted by molar-refractivity contribution is -0.0882. The van der Waals surface area contributed by atoms with E-state index >= 15 is 0 Å². The maximum Gasteiger partial charge on any atom is 0.119 e. The molecule has 0 aliphatic carbocycles. The smallest absolute Gasteiger partial charge is 0.119 e. The van der Waals surface area contributed by atoms with Crippen molar-refractivity contribution in [3.05, 3.63) is 24.3 Å². The number of benzene rings is 1. The monoisotopic (exact) mass is 373 g/mol. The molecule has 1 aromatic carbocycles. The third-order valence-corrected chi connectivity index (χ3v) is 7.13. The number of aliphatic hydroxyl groups excluding tert-OH is 1. The molecule has 0 unspecified atom stereocenters. The van der Waals surface area contributed by atoms with Crippen LogP contribution in [-0.2, 0) is 0 Å². The molecule has 3 aliphatic heterocycles. The number of anilines is 1. The number of hydrogen-bond donors (Lipinski definition) is 1. The number of aliphatic hydroxyl groups is 1. The highest BCUT2D eigenvalue weighted by Crippen LogP contribution is 2.40. The van der Waals surface area contributed by atoms with Crippen LogP contribution in [0.25, 0.3) is 0 Å². The van der Waals surface area contributed by atoms with Gasteiger partial charge in [-0.05, 0) is 70.0 Å². The number of hydrogen-bond acceptors (Lipinski definition) is 5. The second-order valence-corrected chi connectivity index (χ2v) is 8.89. The van der Waals surface area contributed by atoms with Gasteiger partial charge in [0.05, 0.1) is 13.2 Å². The van der Waals surface area contributed by atoms with Crippen molar-refractivity contribution >= 4 is 5.69 Å². The van der Waals surface area contributed by atoms with Crippen molar-refractivity contribution in [2.24, 2.45) is 5.41 Å². The highest BCUT2D eigenvalue weighted by Gasteiger charge is 2.45. The fourth-order valence-electron chi connectivity index (χ4n) is 5.56. The Balaban J connectivity index is 1.36. The first-order valence-electron chi connectivity index (χ1n) is 10.6. The van der Waals surface area contributed by atoms with Crippen LogP contribution in [0.1, 0.15) is 32.1 Å². The van der Waals surface area contributed by atoms with Gasteiger partial charge in [0.2, 0.25) is 0 Å². The molecule has 0 amide bonds.